The molecule has 2 aliphatic rings. The van der Waals surface area contributed by atoms with Gasteiger partial charge in [-0.3, -0.25) is 19.4 Å². The van der Waals surface area contributed by atoms with Gasteiger partial charge in [0.2, 0.25) is 11.8 Å². The minimum atomic E-state index is -0.218. The molecule has 2 aliphatic heterocycles. The summed E-state index contributed by atoms with van der Waals surface area (Å²) < 4.78 is 0. The molecule has 1 atom stereocenters. The lowest BCUT2D eigenvalue weighted by Crippen LogP contribution is -2.61. The van der Waals surface area contributed by atoms with E-state index in [-0.39, 0.29) is 17.9 Å². The minimum absolute atomic E-state index is 0.0367. The van der Waals surface area contributed by atoms with Crippen LogP contribution in [-0.2, 0) is 9.59 Å². The number of hydrogen-bond acceptors (Lipinski definition) is 4. The standard InChI is InChI=1S/C11H19N3O2/c1-3-4-14(8-6-12-7-8)9-5-10(15)13(2)11(9)16/h8-9,12H,3-7H2,1-2H3. The maximum Gasteiger partial charge on any atom is 0.246 e. The average Bonchev–Trinajstić information content (AvgIpc) is 2.43. The van der Waals surface area contributed by atoms with Gasteiger partial charge in [-0.15, -0.1) is 0 Å². The van der Waals surface area contributed by atoms with E-state index in [1.807, 2.05) is 0 Å². The molecular formula is C11H19N3O2. The summed E-state index contributed by atoms with van der Waals surface area (Å²) in [5.41, 5.74) is 0. The van der Waals surface area contributed by atoms with E-state index in [0.29, 0.717) is 12.5 Å². The molecule has 2 fully saturated rings. The van der Waals surface area contributed by atoms with Gasteiger partial charge < -0.3 is 5.32 Å². The minimum Gasteiger partial charge on any atom is -0.314 e. The van der Waals surface area contributed by atoms with Crippen LogP contribution in [0.3, 0.4) is 0 Å². The number of hydrogen-bond donors (Lipinski definition) is 1. The van der Waals surface area contributed by atoms with E-state index in [1.54, 1.807) is 7.05 Å². The number of carbonyl (C=O) groups excluding carboxylic acids is 2. The Kier molecular flexibility index (Phi) is 3.25. The second-order valence-electron chi connectivity index (χ2n) is 4.56. The molecule has 2 amide bonds. The van der Waals surface area contributed by atoms with Crippen molar-refractivity contribution in [3.8, 4) is 0 Å². The molecule has 90 valence electrons. The van der Waals surface area contributed by atoms with Crippen molar-refractivity contribution < 1.29 is 9.59 Å². The molecule has 0 aromatic heterocycles. The van der Waals surface area contributed by atoms with Gasteiger partial charge in [-0.05, 0) is 13.0 Å². The Labute approximate surface area is 95.8 Å². The summed E-state index contributed by atoms with van der Waals surface area (Å²) in [6.45, 7) is 4.86. The molecule has 0 aromatic rings. The zero-order valence-electron chi connectivity index (χ0n) is 9.90. The lowest BCUT2D eigenvalue weighted by molar-refractivity contribution is -0.138. The molecule has 2 rings (SSSR count). The summed E-state index contributed by atoms with van der Waals surface area (Å²) in [7, 11) is 1.58. The van der Waals surface area contributed by atoms with Crippen molar-refractivity contribution in [3.05, 3.63) is 0 Å². The zero-order chi connectivity index (χ0) is 11.7. The first-order valence-corrected chi connectivity index (χ1v) is 5.92. The Morgan fingerprint density at radius 3 is 2.50 bits per heavy atom. The maximum absolute atomic E-state index is 11.9. The number of carbonyl (C=O) groups is 2. The molecule has 16 heavy (non-hydrogen) atoms. The van der Waals surface area contributed by atoms with Crippen LogP contribution in [-0.4, -0.2) is 60.4 Å². The van der Waals surface area contributed by atoms with E-state index in [1.165, 1.54) is 4.90 Å². The van der Waals surface area contributed by atoms with Crippen molar-refractivity contribution in [3.63, 3.8) is 0 Å². The van der Waals surface area contributed by atoms with Crippen molar-refractivity contribution in [2.45, 2.75) is 31.8 Å². The number of rotatable bonds is 4. The van der Waals surface area contributed by atoms with Gasteiger partial charge in [0, 0.05) is 26.2 Å². The van der Waals surface area contributed by atoms with Gasteiger partial charge in [0.1, 0.15) is 0 Å². The van der Waals surface area contributed by atoms with Crippen molar-refractivity contribution in [1.82, 2.24) is 15.1 Å². The third-order valence-corrected chi connectivity index (χ3v) is 3.47. The van der Waals surface area contributed by atoms with Crippen molar-refractivity contribution in [1.29, 1.82) is 0 Å². The highest BCUT2D eigenvalue weighted by molar-refractivity contribution is 6.05. The van der Waals surface area contributed by atoms with E-state index in [4.69, 9.17) is 0 Å². The van der Waals surface area contributed by atoms with E-state index >= 15 is 0 Å². The monoisotopic (exact) mass is 225 g/mol. The van der Waals surface area contributed by atoms with Crippen molar-refractivity contribution >= 4 is 11.8 Å². The van der Waals surface area contributed by atoms with Crippen LogP contribution >= 0.6 is 0 Å². The first-order valence-electron chi connectivity index (χ1n) is 5.92. The lowest BCUT2D eigenvalue weighted by Gasteiger charge is -2.40. The predicted molar refractivity (Wildman–Crippen MR) is 59.8 cm³/mol. The molecule has 2 saturated heterocycles. The van der Waals surface area contributed by atoms with Gasteiger partial charge in [0.15, 0.2) is 0 Å². The van der Waals surface area contributed by atoms with Gasteiger partial charge in [-0.1, -0.05) is 6.92 Å². The summed E-state index contributed by atoms with van der Waals surface area (Å²) in [5, 5.41) is 3.21. The van der Waals surface area contributed by atoms with Crippen LogP contribution in [0.5, 0.6) is 0 Å². The molecule has 0 aliphatic carbocycles. The highest BCUT2D eigenvalue weighted by Gasteiger charge is 2.42. The van der Waals surface area contributed by atoms with Crippen LogP contribution in [0.25, 0.3) is 0 Å². The second-order valence-corrected chi connectivity index (χ2v) is 4.56. The lowest BCUT2D eigenvalue weighted by atomic mass is 10.1. The SMILES string of the molecule is CCCN(C1CNC1)C1CC(=O)N(C)C1=O. The third-order valence-electron chi connectivity index (χ3n) is 3.47. The predicted octanol–water partition coefficient (Wildman–Crippen LogP) is -0.572. The highest BCUT2D eigenvalue weighted by atomic mass is 16.2. The topological polar surface area (TPSA) is 52.7 Å². The Morgan fingerprint density at radius 2 is 2.12 bits per heavy atom. The summed E-state index contributed by atoms with van der Waals surface area (Å²) in [6.07, 6.45) is 1.37. The molecule has 2 heterocycles. The van der Waals surface area contributed by atoms with Gasteiger partial charge in [-0.25, -0.2) is 0 Å². The maximum atomic E-state index is 11.9. The van der Waals surface area contributed by atoms with Crippen LogP contribution < -0.4 is 5.32 Å². The number of amides is 2. The van der Waals surface area contributed by atoms with Gasteiger partial charge >= 0.3 is 0 Å². The summed E-state index contributed by atoms with van der Waals surface area (Å²) >= 11 is 0. The number of likely N-dealkylation sites (tertiary alicyclic amines) is 1. The molecule has 0 spiro atoms. The third kappa shape index (κ3) is 1.85. The molecular weight excluding hydrogens is 206 g/mol. The summed E-state index contributed by atoms with van der Waals surface area (Å²) in [6, 6.07) is 0.206. The summed E-state index contributed by atoms with van der Waals surface area (Å²) in [5.74, 6) is -0.0891. The molecule has 1 unspecified atom stereocenters. The molecule has 0 bridgehead atoms. The van der Waals surface area contributed by atoms with Gasteiger partial charge in [-0.2, -0.15) is 0 Å². The van der Waals surface area contributed by atoms with Crippen LogP contribution in [0, 0.1) is 0 Å². The number of imide groups is 1. The van der Waals surface area contributed by atoms with Crippen molar-refractivity contribution in [2.24, 2.45) is 0 Å². The van der Waals surface area contributed by atoms with Crippen LogP contribution in [0.1, 0.15) is 19.8 Å². The molecule has 1 N–H and O–H groups in total. The second kappa shape index (κ2) is 4.51. The van der Waals surface area contributed by atoms with E-state index in [0.717, 1.165) is 26.1 Å². The first-order chi connectivity index (χ1) is 7.65. The molecule has 0 radical (unpaired) electrons. The fourth-order valence-electron chi connectivity index (χ4n) is 2.35. The first kappa shape index (κ1) is 11.5. The Balaban J connectivity index is 2.07. The largest absolute Gasteiger partial charge is 0.314 e. The van der Waals surface area contributed by atoms with Crippen LogP contribution in [0.15, 0.2) is 0 Å². The molecule has 0 aromatic carbocycles. The van der Waals surface area contributed by atoms with E-state index in [2.05, 4.69) is 17.1 Å². The Bertz CT molecular complexity index is 302. The normalized spacial score (nSPS) is 26.7. The van der Waals surface area contributed by atoms with Gasteiger partial charge in [0.05, 0.1) is 12.5 Å². The van der Waals surface area contributed by atoms with Crippen molar-refractivity contribution in [2.75, 3.05) is 26.7 Å². The Hall–Kier alpha value is -0.940. The van der Waals surface area contributed by atoms with E-state index < -0.39 is 0 Å². The molecule has 5 nitrogen and oxygen atoms in total. The summed E-state index contributed by atoms with van der Waals surface area (Å²) in [4.78, 5) is 26.9. The number of nitrogens with zero attached hydrogens (tertiary/aromatic N) is 2. The molecule has 5 heteroatoms. The van der Waals surface area contributed by atoms with Crippen LogP contribution in [0.4, 0.5) is 0 Å². The zero-order valence-corrected chi connectivity index (χ0v) is 9.90. The van der Waals surface area contributed by atoms with Crippen LogP contribution in [0.2, 0.25) is 0 Å². The number of likely N-dealkylation sites (N-methyl/N-ethyl adjacent to an activating group) is 1. The van der Waals surface area contributed by atoms with E-state index in [9.17, 15) is 9.59 Å². The number of nitrogens with one attached hydrogen (secondary N) is 1. The fraction of sp³-hybridized carbons (Fsp3) is 0.818. The highest BCUT2D eigenvalue weighted by Crippen LogP contribution is 2.21. The Morgan fingerprint density at radius 1 is 1.44 bits per heavy atom. The van der Waals surface area contributed by atoms with Gasteiger partial charge in [0.25, 0.3) is 0 Å². The quantitative estimate of drug-likeness (QED) is 0.651. The average molecular weight is 225 g/mol. The fourth-order valence-corrected chi connectivity index (χ4v) is 2.35. The smallest absolute Gasteiger partial charge is 0.246 e. The molecule has 0 saturated carbocycles.